The summed E-state index contributed by atoms with van der Waals surface area (Å²) in [7, 11) is 1.66. The van der Waals surface area contributed by atoms with Gasteiger partial charge in [-0.05, 0) is 61.5 Å². The lowest BCUT2D eigenvalue weighted by Gasteiger charge is -2.23. The van der Waals surface area contributed by atoms with Crippen LogP contribution in [-0.2, 0) is 0 Å². The predicted molar refractivity (Wildman–Crippen MR) is 129 cm³/mol. The van der Waals surface area contributed by atoms with Gasteiger partial charge >= 0.3 is 0 Å². The van der Waals surface area contributed by atoms with Gasteiger partial charge in [0.15, 0.2) is 5.11 Å². The van der Waals surface area contributed by atoms with Crippen LogP contribution in [0.1, 0.15) is 37.7 Å². The Morgan fingerprint density at radius 1 is 1.10 bits per heavy atom. The molecule has 4 rings (SSSR count). The Balaban J connectivity index is 1.53. The molecule has 0 saturated heterocycles. The van der Waals surface area contributed by atoms with Gasteiger partial charge < -0.3 is 10.1 Å². The molecule has 2 N–H and O–H groups in total. The Hall–Kier alpha value is -3.19. The fourth-order valence-electron chi connectivity index (χ4n) is 3.79. The highest BCUT2D eigenvalue weighted by atomic mass is 32.1. The molecule has 0 radical (unpaired) electrons. The van der Waals surface area contributed by atoms with Crippen LogP contribution in [0, 0.1) is 0 Å². The average molecular weight is 434 g/mol. The molecule has 1 aliphatic rings. The van der Waals surface area contributed by atoms with Crippen molar-refractivity contribution in [3.8, 4) is 22.7 Å². The molecule has 31 heavy (non-hydrogen) atoms. The molecule has 0 bridgehead atoms. The van der Waals surface area contributed by atoms with Gasteiger partial charge in [0.05, 0.1) is 19.0 Å². The molecule has 2 aromatic carbocycles. The average Bonchev–Trinajstić information content (AvgIpc) is 3.24. The Morgan fingerprint density at radius 2 is 1.84 bits per heavy atom. The normalized spacial score (nSPS) is 14.5. The van der Waals surface area contributed by atoms with Crippen molar-refractivity contribution in [1.29, 1.82) is 0 Å². The molecule has 0 atom stereocenters. The minimum absolute atomic E-state index is 0.444. The van der Waals surface area contributed by atoms with Crippen molar-refractivity contribution in [2.45, 2.75) is 38.1 Å². The van der Waals surface area contributed by atoms with Crippen molar-refractivity contribution < 1.29 is 4.74 Å². The molecule has 1 fully saturated rings. The van der Waals surface area contributed by atoms with Gasteiger partial charge in [0.1, 0.15) is 11.4 Å². The number of aromatic nitrogens is 2. The summed E-state index contributed by atoms with van der Waals surface area (Å²) in [6.45, 7) is 0. The van der Waals surface area contributed by atoms with Crippen LogP contribution in [0.25, 0.3) is 16.9 Å². The highest BCUT2D eigenvalue weighted by molar-refractivity contribution is 7.80. The van der Waals surface area contributed by atoms with E-state index in [0.717, 1.165) is 41.1 Å². The van der Waals surface area contributed by atoms with E-state index in [9.17, 15) is 0 Å². The molecule has 7 heteroatoms. The van der Waals surface area contributed by atoms with Gasteiger partial charge in [-0.2, -0.15) is 10.2 Å². The lowest BCUT2D eigenvalue weighted by molar-refractivity contribution is 0.412. The summed E-state index contributed by atoms with van der Waals surface area (Å²) in [5, 5.41) is 13.1. The van der Waals surface area contributed by atoms with Crippen LogP contribution in [0.5, 0.6) is 5.75 Å². The zero-order valence-electron chi connectivity index (χ0n) is 17.6. The number of hydrazone groups is 1. The van der Waals surface area contributed by atoms with E-state index >= 15 is 0 Å². The smallest absolute Gasteiger partial charge is 0.187 e. The van der Waals surface area contributed by atoms with Crippen molar-refractivity contribution in [3.63, 3.8) is 0 Å². The molecule has 1 heterocycles. The molecule has 1 aromatic heterocycles. The molecule has 0 aliphatic heterocycles. The predicted octanol–water partition coefficient (Wildman–Crippen LogP) is 4.68. The highest BCUT2D eigenvalue weighted by Crippen LogP contribution is 2.25. The Bertz CT molecular complexity index is 1020. The van der Waals surface area contributed by atoms with Gasteiger partial charge in [0.2, 0.25) is 0 Å². The number of hydrogen-bond acceptors (Lipinski definition) is 4. The molecular weight excluding hydrogens is 406 g/mol. The summed E-state index contributed by atoms with van der Waals surface area (Å²) in [4.78, 5) is 0. The van der Waals surface area contributed by atoms with Gasteiger partial charge in [-0.3, -0.25) is 5.43 Å². The summed E-state index contributed by atoms with van der Waals surface area (Å²) < 4.78 is 7.14. The van der Waals surface area contributed by atoms with Crippen LogP contribution < -0.4 is 15.5 Å². The summed E-state index contributed by atoms with van der Waals surface area (Å²) in [6, 6.07) is 18.3. The number of hydrogen-bond donors (Lipinski definition) is 2. The Morgan fingerprint density at radius 3 is 2.55 bits per heavy atom. The van der Waals surface area contributed by atoms with E-state index in [2.05, 4.69) is 15.8 Å². The standard InChI is InChI=1S/C24H27N5OS/c1-30-22-14-12-18(13-15-22)23-19(17-29(28-23)21-10-6-3-7-11-21)16-25-27-24(31)26-20-8-4-2-5-9-20/h3,6-7,10-17,20H,2,4-5,8-9H2,1H3,(H2,26,27,31)/b25-16-. The van der Waals surface area contributed by atoms with E-state index in [1.54, 1.807) is 13.3 Å². The van der Waals surface area contributed by atoms with Gasteiger partial charge in [-0.15, -0.1) is 0 Å². The first kappa shape index (κ1) is 21.1. The van der Waals surface area contributed by atoms with E-state index in [0.29, 0.717) is 11.2 Å². The monoisotopic (exact) mass is 433 g/mol. The zero-order valence-corrected chi connectivity index (χ0v) is 18.4. The summed E-state index contributed by atoms with van der Waals surface area (Å²) in [5.74, 6) is 0.808. The van der Waals surface area contributed by atoms with E-state index in [-0.39, 0.29) is 0 Å². The molecule has 0 amide bonds. The van der Waals surface area contributed by atoms with Crippen molar-refractivity contribution in [1.82, 2.24) is 20.5 Å². The van der Waals surface area contributed by atoms with E-state index < -0.39 is 0 Å². The number of methoxy groups -OCH3 is 1. The van der Waals surface area contributed by atoms with E-state index in [4.69, 9.17) is 22.1 Å². The maximum Gasteiger partial charge on any atom is 0.187 e. The molecule has 1 saturated carbocycles. The summed E-state index contributed by atoms with van der Waals surface area (Å²) in [5.41, 5.74) is 6.66. The molecule has 6 nitrogen and oxygen atoms in total. The second-order valence-corrected chi connectivity index (χ2v) is 8.03. The maximum absolute atomic E-state index is 5.42. The molecule has 0 spiro atoms. The second-order valence-electron chi connectivity index (χ2n) is 7.62. The first-order chi connectivity index (χ1) is 15.2. The number of nitrogens with zero attached hydrogens (tertiary/aromatic N) is 3. The topological polar surface area (TPSA) is 63.5 Å². The third kappa shape index (κ3) is 5.49. The van der Waals surface area contributed by atoms with Crippen LogP contribution in [0.4, 0.5) is 0 Å². The van der Waals surface area contributed by atoms with Gasteiger partial charge in [-0.1, -0.05) is 37.5 Å². The number of ether oxygens (including phenoxy) is 1. The third-order valence-electron chi connectivity index (χ3n) is 5.44. The van der Waals surface area contributed by atoms with Crippen molar-refractivity contribution in [2.24, 2.45) is 5.10 Å². The largest absolute Gasteiger partial charge is 0.497 e. The zero-order chi connectivity index (χ0) is 21.5. The van der Waals surface area contributed by atoms with E-state index in [1.807, 2.05) is 65.5 Å². The lowest BCUT2D eigenvalue weighted by atomic mass is 9.96. The van der Waals surface area contributed by atoms with E-state index in [1.165, 1.54) is 19.3 Å². The number of benzene rings is 2. The van der Waals surface area contributed by atoms with Crippen LogP contribution in [-0.4, -0.2) is 34.3 Å². The molecule has 0 unspecified atom stereocenters. The number of thiocarbonyl (C=S) groups is 1. The van der Waals surface area contributed by atoms with Gasteiger partial charge in [0, 0.05) is 23.4 Å². The van der Waals surface area contributed by atoms with Gasteiger partial charge in [0.25, 0.3) is 0 Å². The minimum Gasteiger partial charge on any atom is -0.497 e. The minimum atomic E-state index is 0.444. The van der Waals surface area contributed by atoms with Crippen LogP contribution >= 0.6 is 12.2 Å². The van der Waals surface area contributed by atoms with Gasteiger partial charge in [-0.25, -0.2) is 4.68 Å². The SMILES string of the molecule is COc1ccc(-c2nn(-c3ccccc3)cc2/C=N\NC(=S)NC2CCCCC2)cc1. The molecule has 3 aromatic rings. The maximum atomic E-state index is 5.42. The van der Waals surface area contributed by atoms with Crippen molar-refractivity contribution in [3.05, 3.63) is 66.4 Å². The highest BCUT2D eigenvalue weighted by Gasteiger charge is 2.14. The Kier molecular flexibility index (Phi) is 6.94. The summed E-state index contributed by atoms with van der Waals surface area (Å²) in [6.07, 6.45) is 9.89. The van der Waals surface area contributed by atoms with Crippen molar-refractivity contribution >= 4 is 23.5 Å². The van der Waals surface area contributed by atoms with Crippen LogP contribution in [0.3, 0.4) is 0 Å². The lowest BCUT2D eigenvalue weighted by Crippen LogP contribution is -2.40. The summed E-state index contributed by atoms with van der Waals surface area (Å²) >= 11 is 5.42. The first-order valence-electron chi connectivity index (χ1n) is 10.6. The number of nitrogens with one attached hydrogen (secondary N) is 2. The number of para-hydroxylation sites is 1. The molecule has 1 aliphatic carbocycles. The van der Waals surface area contributed by atoms with Crippen LogP contribution in [0.15, 0.2) is 65.9 Å². The second kappa shape index (κ2) is 10.2. The quantitative estimate of drug-likeness (QED) is 0.336. The number of rotatable bonds is 6. The fourth-order valence-corrected chi connectivity index (χ4v) is 4.01. The van der Waals surface area contributed by atoms with Crippen LogP contribution in [0.2, 0.25) is 0 Å². The Labute approximate surface area is 188 Å². The fraction of sp³-hybridized carbons (Fsp3) is 0.292. The van der Waals surface area contributed by atoms with Crippen molar-refractivity contribution in [2.75, 3.05) is 7.11 Å². The first-order valence-corrected chi connectivity index (χ1v) is 11.0. The molecule has 160 valence electrons. The third-order valence-corrected chi connectivity index (χ3v) is 5.65. The molecular formula is C24H27N5OS.